The van der Waals surface area contributed by atoms with Gasteiger partial charge in [0, 0.05) is 12.7 Å². The molecule has 0 saturated heterocycles. The Bertz CT molecular complexity index is 711. The number of nitrogens with one attached hydrogen (secondary N) is 2. The predicted octanol–water partition coefficient (Wildman–Crippen LogP) is 2.80. The van der Waals surface area contributed by atoms with Gasteiger partial charge in [0.1, 0.15) is 5.69 Å². The van der Waals surface area contributed by atoms with Gasteiger partial charge in [0.2, 0.25) is 0 Å². The first-order chi connectivity index (χ1) is 9.72. The molecule has 0 atom stereocenters. The number of H-pyrrole nitrogens is 1. The molecular weight excluding hydrogens is 250 g/mol. The predicted molar refractivity (Wildman–Crippen MR) is 78.4 cm³/mol. The second kappa shape index (κ2) is 5.17. The molecule has 0 fully saturated rings. The molecule has 1 aromatic carbocycles. The third-order valence-corrected chi connectivity index (χ3v) is 3.21. The van der Waals surface area contributed by atoms with Gasteiger partial charge >= 0.3 is 0 Å². The number of aryl methyl sites for hydroxylation is 1. The number of aromatic nitrogens is 2. The number of amides is 1. The Hall–Kier alpha value is -2.62. The highest BCUT2D eigenvalue weighted by atomic mass is 16.1. The van der Waals surface area contributed by atoms with Crippen molar-refractivity contribution in [1.29, 1.82) is 0 Å². The Morgan fingerprint density at radius 1 is 1.25 bits per heavy atom. The summed E-state index contributed by atoms with van der Waals surface area (Å²) in [5.41, 5.74) is 4.49. The minimum absolute atomic E-state index is 0.122. The van der Waals surface area contributed by atoms with Crippen LogP contribution in [0.5, 0.6) is 0 Å². The number of aromatic amines is 1. The number of fused-ring (bicyclic) bond motifs is 1. The van der Waals surface area contributed by atoms with E-state index in [1.807, 2.05) is 43.3 Å². The Balaban J connectivity index is 1.71. The summed E-state index contributed by atoms with van der Waals surface area (Å²) in [6.45, 7) is 2.56. The molecule has 0 aliphatic heterocycles. The fourth-order valence-electron chi connectivity index (χ4n) is 2.06. The number of pyridine rings is 1. The van der Waals surface area contributed by atoms with Gasteiger partial charge in [0.05, 0.1) is 11.0 Å². The zero-order chi connectivity index (χ0) is 13.9. The lowest BCUT2D eigenvalue weighted by Crippen LogP contribution is -2.23. The summed E-state index contributed by atoms with van der Waals surface area (Å²) in [5, 5.41) is 2.90. The first-order valence-corrected chi connectivity index (χ1v) is 6.50. The van der Waals surface area contributed by atoms with E-state index in [2.05, 4.69) is 15.3 Å². The van der Waals surface area contributed by atoms with E-state index < -0.39 is 0 Å². The molecule has 100 valence electrons. The van der Waals surface area contributed by atoms with Crippen LogP contribution in [-0.2, 0) is 6.54 Å². The van der Waals surface area contributed by atoms with E-state index in [4.69, 9.17) is 0 Å². The Morgan fingerprint density at radius 3 is 2.80 bits per heavy atom. The third kappa shape index (κ3) is 2.54. The van der Waals surface area contributed by atoms with Crippen LogP contribution < -0.4 is 5.32 Å². The molecule has 0 unspecified atom stereocenters. The Kier molecular flexibility index (Phi) is 3.21. The smallest absolute Gasteiger partial charge is 0.268 e. The third-order valence-electron chi connectivity index (χ3n) is 3.21. The maximum absolute atomic E-state index is 12.1. The van der Waals surface area contributed by atoms with E-state index >= 15 is 0 Å². The Morgan fingerprint density at radius 2 is 2.05 bits per heavy atom. The average Bonchev–Trinajstić information content (AvgIpc) is 2.90. The monoisotopic (exact) mass is 265 g/mol. The SMILES string of the molecule is Cc1ccc(CNC(=O)c2cc3ncccc3[nH]2)cc1. The zero-order valence-corrected chi connectivity index (χ0v) is 11.2. The van der Waals surface area contributed by atoms with Crippen LogP contribution in [0.25, 0.3) is 11.0 Å². The van der Waals surface area contributed by atoms with Crippen molar-refractivity contribution >= 4 is 16.9 Å². The first kappa shape index (κ1) is 12.4. The molecule has 1 amide bonds. The van der Waals surface area contributed by atoms with Gasteiger partial charge in [-0.15, -0.1) is 0 Å². The molecule has 0 aliphatic rings. The van der Waals surface area contributed by atoms with Crippen molar-refractivity contribution in [2.45, 2.75) is 13.5 Å². The highest BCUT2D eigenvalue weighted by Gasteiger charge is 2.09. The number of hydrogen-bond donors (Lipinski definition) is 2. The number of carbonyl (C=O) groups is 1. The summed E-state index contributed by atoms with van der Waals surface area (Å²) < 4.78 is 0. The number of hydrogen-bond acceptors (Lipinski definition) is 2. The van der Waals surface area contributed by atoms with E-state index in [9.17, 15) is 4.79 Å². The summed E-state index contributed by atoms with van der Waals surface area (Å²) in [6.07, 6.45) is 1.71. The molecule has 0 spiro atoms. The highest BCUT2D eigenvalue weighted by Crippen LogP contribution is 2.12. The molecule has 20 heavy (non-hydrogen) atoms. The number of carbonyl (C=O) groups excluding carboxylic acids is 1. The maximum atomic E-state index is 12.1. The molecule has 3 rings (SSSR count). The molecule has 2 heterocycles. The van der Waals surface area contributed by atoms with E-state index in [1.54, 1.807) is 12.3 Å². The summed E-state index contributed by atoms with van der Waals surface area (Å²) >= 11 is 0. The van der Waals surface area contributed by atoms with Gasteiger partial charge in [-0.05, 0) is 30.7 Å². The van der Waals surface area contributed by atoms with E-state index in [0.717, 1.165) is 16.6 Å². The van der Waals surface area contributed by atoms with Crippen LogP contribution in [0, 0.1) is 6.92 Å². The van der Waals surface area contributed by atoms with Crippen molar-refractivity contribution in [2.75, 3.05) is 0 Å². The van der Waals surface area contributed by atoms with Gasteiger partial charge in [0.15, 0.2) is 0 Å². The van der Waals surface area contributed by atoms with Crippen molar-refractivity contribution in [3.8, 4) is 0 Å². The normalized spacial score (nSPS) is 10.7. The fourth-order valence-corrected chi connectivity index (χ4v) is 2.06. The first-order valence-electron chi connectivity index (χ1n) is 6.50. The van der Waals surface area contributed by atoms with Crippen LogP contribution in [0.2, 0.25) is 0 Å². The molecule has 0 bridgehead atoms. The maximum Gasteiger partial charge on any atom is 0.268 e. The summed E-state index contributed by atoms with van der Waals surface area (Å²) in [5.74, 6) is -0.122. The van der Waals surface area contributed by atoms with Crippen LogP contribution in [0.15, 0.2) is 48.7 Å². The van der Waals surface area contributed by atoms with Crippen molar-refractivity contribution < 1.29 is 4.79 Å². The molecule has 0 saturated carbocycles. The fraction of sp³-hybridized carbons (Fsp3) is 0.125. The topological polar surface area (TPSA) is 57.8 Å². The zero-order valence-electron chi connectivity index (χ0n) is 11.2. The molecule has 2 aromatic heterocycles. The van der Waals surface area contributed by atoms with Gasteiger partial charge in [-0.3, -0.25) is 9.78 Å². The molecule has 0 aliphatic carbocycles. The van der Waals surface area contributed by atoms with Crippen LogP contribution >= 0.6 is 0 Å². The Labute approximate surface area is 116 Å². The van der Waals surface area contributed by atoms with Crippen LogP contribution in [0.4, 0.5) is 0 Å². The number of rotatable bonds is 3. The van der Waals surface area contributed by atoms with Crippen LogP contribution in [0.1, 0.15) is 21.6 Å². The molecule has 2 N–H and O–H groups in total. The number of benzene rings is 1. The van der Waals surface area contributed by atoms with Crippen molar-refractivity contribution in [2.24, 2.45) is 0 Å². The lowest BCUT2D eigenvalue weighted by Gasteiger charge is -2.04. The van der Waals surface area contributed by atoms with Gasteiger partial charge in [-0.2, -0.15) is 0 Å². The molecule has 4 nitrogen and oxygen atoms in total. The van der Waals surface area contributed by atoms with Crippen molar-refractivity contribution in [3.63, 3.8) is 0 Å². The van der Waals surface area contributed by atoms with Gasteiger partial charge in [-0.1, -0.05) is 29.8 Å². The molecule has 3 aromatic rings. The highest BCUT2D eigenvalue weighted by molar-refractivity contribution is 5.96. The lowest BCUT2D eigenvalue weighted by molar-refractivity contribution is 0.0947. The van der Waals surface area contributed by atoms with Gasteiger partial charge < -0.3 is 10.3 Å². The van der Waals surface area contributed by atoms with E-state index in [0.29, 0.717) is 12.2 Å². The number of nitrogens with zero attached hydrogens (tertiary/aromatic N) is 1. The van der Waals surface area contributed by atoms with E-state index in [-0.39, 0.29) is 5.91 Å². The van der Waals surface area contributed by atoms with Gasteiger partial charge in [-0.25, -0.2) is 0 Å². The van der Waals surface area contributed by atoms with E-state index in [1.165, 1.54) is 5.56 Å². The van der Waals surface area contributed by atoms with Crippen molar-refractivity contribution in [3.05, 3.63) is 65.5 Å². The van der Waals surface area contributed by atoms with Crippen LogP contribution in [-0.4, -0.2) is 15.9 Å². The minimum Gasteiger partial charge on any atom is -0.349 e. The minimum atomic E-state index is -0.122. The quantitative estimate of drug-likeness (QED) is 0.765. The molecule has 0 radical (unpaired) electrons. The lowest BCUT2D eigenvalue weighted by atomic mass is 10.1. The molecule has 4 heteroatoms. The summed E-state index contributed by atoms with van der Waals surface area (Å²) in [4.78, 5) is 19.4. The summed E-state index contributed by atoms with van der Waals surface area (Å²) in [6, 6.07) is 13.6. The standard InChI is InChI=1S/C16H15N3O/c1-11-4-6-12(7-5-11)10-18-16(20)15-9-14-13(19-15)3-2-8-17-14/h2-9,19H,10H2,1H3,(H,18,20). The second-order valence-corrected chi connectivity index (χ2v) is 4.79. The van der Waals surface area contributed by atoms with Gasteiger partial charge in [0.25, 0.3) is 5.91 Å². The molecular formula is C16H15N3O. The second-order valence-electron chi connectivity index (χ2n) is 4.79. The summed E-state index contributed by atoms with van der Waals surface area (Å²) in [7, 11) is 0. The van der Waals surface area contributed by atoms with Crippen molar-refractivity contribution in [1.82, 2.24) is 15.3 Å². The van der Waals surface area contributed by atoms with Crippen LogP contribution in [0.3, 0.4) is 0 Å². The largest absolute Gasteiger partial charge is 0.349 e. The average molecular weight is 265 g/mol.